The topological polar surface area (TPSA) is 65.9 Å². The van der Waals surface area contributed by atoms with E-state index in [0.717, 1.165) is 30.9 Å². The SMILES string of the molecule is CCNC(=NCC(O)Cc1ccccc1)NC1CC2CCC1O2. The van der Waals surface area contributed by atoms with Crippen molar-refractivity contribution in [3.8, 4) is 0 Å². The van der Waals surface area contributed by atoms with Crippen LogP contribution in [0.25, 0.3) is 0 Å². The molecule has 0 saturated carbocycles. The maximum atomic E-state index is 10.2. The number of rotatable bonds is 6. The summed E-state index contributed by atoms with van der Waals surface area (Å²) in [5.41, 5.74) is 1.13. The molecule has 2 saturated heterocycles. The molecule has 0 aromatic heterocycles. The molecular formula is C18H27N3O2. The number of ether oxygens (including phenoxy) is 1. The van der Waals surface area contributed by atoms with Crippen molar-refractivity contribution in [2.45, 2.75) is 57.0 Å². The molecule has 126 valence electrons. The number of aliphatic hydroxyl groups is 1. The van der Waals surface area contributed by atoms with Crippen LogP contribution in [0.1, 0.15) is 31.7 Å². The maximum Gasteiger partial charge on any atom is 0.191 e. The van der Waals surface area contributed by atoms with Crippen molar-refractivity contribution in [1.29, 1.82) is 0 Å². The number of nitrogens with one attached hydrogen (secondary N) is 2. The quantitative estimate of drug-likeness (QED) is 0.549. The Labute approximate surface area is 138 Å². The van der Waals surface area contributed by atoms with E-state index in [4.69, 9.17) is 4.74 Å². The van der Waals surface area contributed by atoms with Gasteiger partial charge in [-0.2, -0.15) is 0 Å². The van der Waals surface area contributed by atoms with E-state index in [2.05, 4.69) is 22.5 Å². The molecule has 2 aliphatic heterocycles. The Morgan fingerprint density at radius 1 is 1.35 bits per heavy atom. The zero-order valence-corrected chi connectivity index (χ0v) is 13.7. The first-order valence-corrected chi connectivity index (χ1v) is 8.67. The minimum Gasteiger partial charge on any atom is -0.391 e. The summed E-state index contributed by atoms with van der Waals surface area (Å²) in [4.78, 5) is 4.55. The average molecular weight is 317 g/mol. The molecule has 3 rings (SSSR count). The van der Waals surface area contributed by atoms with Crippen LogP contribution in [0.3, 0.4) is 0 Å². The molecular weight excluding hydrogens is 290 g/mol. The fraction of sp³-hybridized carbons (Fsp3) is 0.611. The third-order valence-corrected chi connectivity index (χ3v) is 4.55. The molecule has 2 bridgehead atoms. The van der Waals surface area contributed by atoms with Gasteiger partial charge in [-0.3, -0.25) is 4.99 Å². The van der Waals surface area contributed by atoms with Gasteiger partial charge < -0.3 is 20.5 Å². The number of fused-ring (bicyclic) bond motifs is 2. The van der Waals surface area contributed by atoms with Crippen molar-refractivity contribution in [3.63, 3.8) is 0 Å². The fourth-order valence-corrected chi connectivity index (χ4v) is 3.43. The summed E-state index contributed by atoms with van der Waals surface area (Å²) in [5, 5.41) is 16.9. The van der Waals surface area contributed by atoms with Crippen molar-refractivity contribution < 1.29 is 9.84 Å². The molecule has 23 heavy (non-hydrogen) atoms. The van der Waals surface area contributed by atoms with Gasteiger partial charge in [0.15, 0.2) is 5.96 Å². The van der Waals surface area contributed by atoms with Crippen LogP contribution >= 0.6 is 0 Å². The van der Waals surface area contributed by atoms with Crippen LogP contribution in [0.4, 0.5) is 0 Å². The van der Waals surface area contributed by atoms with Crippen LogP contribution in [0.2, 0.25) is 0 Å². The van der Waals surface area contributed by atoms with Crippen molar-refractivity contribution in [2.75, 3.05) is 13.1 Å². The third-order valence-electron chi connectivity index (χ3n) is 4.55. The summed E-state index contributed by atoms with van der Waals surface area (Å²) in [6.07, 6.45) is 4.28. The Bertz CT molecular complexity index is 520. The van der Waals surface area contributed by atoms with E-state index in [9.17, 15) is 5.11 Å². The van der Waals surface area contributed by atoms with Crippen LogP contribution in [0, 0.1) is 0 Å². The van der Waals surface area contributed by atoms with E-state index in [1.54, 1.807) is 0 Å². The summed E-state index contributed by atoms with van der Waals surface area (Å²) >= 11 is 0. The highest BCUT2D eigenvalue weighted by molar-refractivity contribution is 5.80. The van der Waals surface area contributed by atoms with Crippen LogP contribution in [-0.2, 0) is 11.2 Å². The van der Waals surface area contributed by atoms with Crippen molar-refractivity contribution in [2.24, 2.45) is 4.99 Å². The van der Waals surface area contributed by atoms with E-state index < -0.39 is 6.10 Å². The summed E-state index contributed by atoms with van der Waals surface area (Å²) in [6.45, 7) is 3.25. The van der Waals surface area contributed by atoms with Crippen LogP contribution < -0.4 is 10.6 Å². The normalized spacial score (nSPS) is 27.9. The van der Waals surface area contributed by atoms with E-state index in [1.807, 2.05) is 30.3 Å². The Morgan fingerprint density at radius 2 is 2.17 bits per heavy atom. The van der Waals surface area contributed by atoms with Crippen molar-refractivity contribution >= 4 is 5.96 Å². The molecule has 0 aliphatic carbocycles. The first kappa shape index (κ1) is 16.3. The third kappa shape index (κ3) is 4.45. The van der Waals surface area contributed by atoms with Crippen molar-refractivity contribution in [3.05, 3.63) is 35.9 Å². The number of hydrogen-bond donors (Lipinski definition) is 3. The second-order valence-corrected chi connectivity index (χ2v) is 6.42. The molecule has 4 atom stereocenters. The van der Waals surface area contributed by atoms with Gasteiger partial charge in [0.2, 0.25) is 0 Å². The lowest BCUT2D eigenvalue weighted by Gasteiger charge is -2.23. The second kappa shape index (κ2) is 7.79. The molecule has 2 aliphatic rings. The smallest absolute Gasteiger partial charge is 0.191 e. The monoisotopic (exact) mass is 317 g/mol. The van der Waals surface area contributed by atoms with Crippen molar-refractivity contribution in [1.82, 2.24) is 10.6 Å². The fourth-order valence-electron chi connectivity index (χ4n) is 3.43. The van der Waals surface area contributed by atoms with Gasteiger partial charge in [-0.15, -0.1) is 0 Å². The first-order valence-electron chi connectivity index (χ1n) is 8.67. The lowest BCUT2D eigenvalue weighted by atomic mass is 9.96. The lowest BCUT2D eigenvalue weighted by molar-refractivity contribution is 0.0992. The minimum absolute atomic E-state index is 0.318. The van der Waals surface area contributed by atoms with Crippen LogP contribution in [-0.4, -0.2) is 48.5 Å². The molecule has 2 fully saturated rings. The molecule has 5 nitrogen and oxygen atoms in total. The van der Waals surface area contributed by atoms with Gasteiger partial charge in [-0.25, -0.2) is 0 Å². The Balaban J connectivity index is 1.51. The van der Waals surface area contributed by atoms with Crippen LogP contribution in [0.15, 0.2) is 35.3 Å². The predicted molar refractivity (Wildman–Crippen MR) is 91.6 cm³/mol. The standard InChI is InChI=1S/C18H27N3O2/c1-2-19-18(21-16-11-15-8-9-17(16)23-15)20-12-14(22)10-13-6-4-3-5-7-13/h3-7,14-17,22H,2,8-12H2,1H3,(H2,19,20,21). The summed E-state index contributed by atoms with van der Waals surface area (Å²) < 4.78 is 5.87. The number of benzene rings is 1. The predicted octanol–water partition coefficient (Wildman–Crippen LogP) is 1.46. The van der Waals surface area contributed by atoms with Gasteiger partial charge in [0.05, 0.1) is 30.9 Å². The number of aliphatic imine (C=N–C) groups is 1. The zero-order valence-electron chi connectivity index (χ0n) is 13.7. The lowest BCUT2D eigenvalue weighted by Crippen LogP contribution is -2.47. The highest BCUT2D eigenvalue weighted by Crippen LogP contribution is 2.34. The molecule has 1 aromatic rings. The molecule has 0 spiro atoms. The number of nitrogens with zero attached hydrogens (tertiary/aromatic N) is 1. The van der Waals surface area contributed by atoms with Crippen LogP contribution in [0.5, 0.6) is 0 Å². The molecule has 5 heteroatoms. The highest BCUT2D eigenvalue weighted by atomic mass is 16.5. The molecule has 4 unspecified atom stereocenters. The first-order chi connectivity index (χ1) is 11.2. The van der Waals surface area contributed by atoms with Gasteiger partial charge in [-0.1, -0.05) is 30.3 Å². The average Bonchev–Trinajstić information content (AvgIpc) is 3.16. The Kier molecular flexibility index (Phi) is 5.51. The molecule has 1 aromatic carbocycles. The van der Waals surface area contributed by atoms with Gasteiger partial charge in [-0.05, 0) is 31.7 Å². The number of aliphatic hydroxyl groups excluding tert-OH is 1. The number of hydrogen-bond acceptors (Lipinski definition) is 3. The molecule has 0 amide bonds. The maximum absolute atomic E-state index is 10.2. The zero-order chi connectivity index (χ0) is 16.1. The molecule has 2 heterocycles. The van der Waals surface area contributed by atoms with E-state index in [1.165, 1.54) is 6.42 Å². The van der Waals surface area contributed by atoms with E-state index in [0.29, 0.717) is 31.2 Å². The summed E-state index contributed by atoms with van der Waals surface area (Å²) in [6, 6.07) is 10.4. The molecule has 0 radical (unpaired) electrons. The summed E-state index contributed by atoms with van der Waals surface area (Å²) in [7, 11) is 0. The largest absolute Gasteiger partial charge is 0.391 e. The Morgan fingerprint density at radius 3 is 2.83 bits per heavy atom. The summed E-state index contributed by atoms with van der Waals surface area (Å²) in [5.74, 6) is 0.778. The van der Waals surface area contributed by atoms with E-state index >= 15 is 0 Å². The van der Waals surface area contributed by atoms with E-state index in [-0.39, 0.29) is 0 Å². The second-order valence-electron chi connectivity index (χ2n) is 6.42. The van der Waals surface area contributed by atoms with Gasteiger partial charge in [0, 0.05) is 13.0 Å². The molecule has 3 N–H and O–H groups in total. The Hall–Kier alpha value is -1.59. The van der Waals surface area contributed by atoms with Gasteiger partial charge >= 0.3 is 0 Å². The highest BCUT2D eigenvalue weighted by Gasteiger charge is 2.41. The number of guanidine groups is 1. The van der Waals surface area contributed by atoms with Gasteiger partial charge in [0.25, 0.3) is 0 Å². The minimum atomic E-state index is -0.468. The van der Waals surface area contributed by atoms with Gasteiger partial charge in [0.1, 0.15) is 0 Å².